The molecule has 4 heteroatoms. The summed E-state index contributed by atoms with van der Waals surface area (Å²) in [6, 6.07) is 14.0. The predicted octanol–water partition coefficient (Wildman–Crippen LogP) is 7.35. The van der Waals surface area contributed by atoms with Crippen LogP contribution in [0.2, 0.25) is 5.02 Å². The van der Waals surface area contributed by atoms with Crippen LogP contribution in [0.15, 0.2) is 42.5 Å². The summed E-state index contributed by atoms with van der Waals surface area (Å²) in [6.45, 7) is 6.74. The first-order valence-electron chi connectivity index (χ1n) is 10.4. The fourth-order valence-corrected chi connectivity index (χ4v) is 3.27. The molecule has 2 aromatic rings. The molecule has 0 N–H and O–H groups in total. The summed E-state index contributed by atoms with van der Waals surface area (Å²) in [5.41, 5.74) is 2.57. The molecule has 0 saturated carbocycles. The average molecular weight is 445 g/mol. The first-order valence-corrected chi connectivity index (χ1v) is 11.1. The third kappa shape index (κ3) is 10.7. The molecule has 2 nitrogen and oxygen atoms in total. The van der Waals surface area contributed by atoms with Gasteiger partial charge in [0.2, 0.25) is 0 Å². The first kappa shape index (κ1) is 26.0. The van der Waals surface area contributed by atoms with Crippen LogP contribution in [0.25, 0.3) is 0 Å². The molecule has 0 heterocycles. The molecule has 30 heavy (non-hydrogen) atoms. The van der Waals surface area contributed by atoms with E-state index in [0.29, 0.717) is 11.5 Å². The Morgan fingerprint density at radius 1 is 1.13 bits per heavy atom. The van der Waals surface area contributed by atoms with Gasteiger partial charge in [0.1, 0.15) is 6.61 Å². The van der Waals surface area contributed by atoms with Gasteiger partial charge in [0.25, 0.3) is 0 Å². The lowest BCUT2D eigenvalue weighted by molar-refractivity contribution is 0.330. The Morgan fingerprint density at radius 2 is 1.80 bits per heavy atom. The molecule has 1 atom stereocenters. The van der Waals surface area contributed by atoms with Gasteiger partial charge >= 0.3 is 0 Å². The Labute approximate surface area is 192 Å². The van der Waals surface area contributed by atoms with Crippen LogP contribution >= 0.6 is 23.8 Å². The summed E-state index contributed by atoms with van der Waals surface area (Å²) in [5.74, 6) is 4.59. The number of methoxy groups -OCH3 is 1. The summed E-state index contributed by atoms with van der Waals surface area (Å²) in [7, 11) is 1.62. The highest BCUT2D eigenvalue weighted by molar-refractivity contribution is 7.80. The van der Waals surface area contributed by atoms with Gasteiger partial charge < -0.3 is 9.47 Å². The second kappa shape index (κ2) is 14.9. The standard InChI is InChI=1S/C14H16O2S.C12H17Cl/c1-4-9-16-13-8-7-12(6-5-11(2)17)10-14(13)15-3;1-3-4-10(2)9-11-5-7-12(13)8-6-11/h1,7-8,10H,5-6,9H2,2-3H3;5-8,10H,3-4,9H2,1-2H3. The van der Waals surface area contributed by atoms with E-state index in [1.807, 2.05) is 37.3 Å². The van der Waals surface area contributed by atoms with Crippen molar-refractivity contribution in [3.8, 4) is 23.8 Å². The van der Waals surface area contributed by atoms with E-state index in [9.17, 15) is 0 Å². The second-order valence-corrected chi connectivity index (χ2v) is 8.54. The summed E-state index contributed by atoms with van der Waals surface area (Å²) in [6.07, 6.45) is 10.7. The van der Waals surface area contributed by atoms with Gasteiger partial charge in [-0.1, -0.05) is 74.6 Å². The zero-order valence-electron chi connectivity index (χ0n) is 18.5. The van der Waals surface area contributed by atoms with Crippen molar-refractivity contribution in [3.63, 3.8) is 0 Å². The highest BCUT2D eigenvalue weighted by Gasteiger charge is 2.05. The normalized spacial score (nSPS) is 10.9. The van der Waals surface area contributed by atoms with Crippen LogP contribution < -0.4 is 9.47 Å². The minimum atomic E-state index is 0.245. The molecule has 2 rings (SSSR count). The molecule has 0 radical (unpaired) electrons. The largest absolute Gasteiger partial charge is 0.493 e. The summed E-state index contributed by atoms with van der Waals surface area (Å²) >= 11 is 10.9. The Morgan fingerprint density at radius 3 is 2.37 bits per heavy atom. The Kier molecular flexibility index (Phi) is 12.9. The van der Waals surface area contributed by atoms with Crippen molar-refractivity contribution in [2.75, 3.05) is 13.7 Å². The van der Waals surface area contributed by atoms with Gasteiger partial charge in [0.15, 0.2) is 11.5 Å². The SMILES string of the molecule is C#CCOc1ccc(CCC(C)=S)cc1OC.CCCC(C)Cc1ccc(Cl)cc1. The zero-order chi connectivity index (χ0) is 22.4. The van der Waals surface area contributed by atoms with E-state index >= 15 is 0 Å². The van der Waals surface area contributed by atoms with E-state index in [1.165, 1.54) is 30.4 Å². The van der Waals surface area contributed by atoms with Gasteiger partial charge in [-0.25, -0.2) is 0 Å². The molecule has 2 aromatic carbocycles. The fourth-order valence-electron chi connectivity index (χ4n) is 3.04. The zero-order valence-corrected chi connectivity index (χ0v) is 20.1. The van der Waals surface area contributed by atoms with Crippen LogP contribution in [0, 0.1) is 18.3 Å². The lowest BCUT2D eigenvalue weighted by Gasteiger charge is -2.10. The summed E-state index contributed by atoms with van der Waals surface area (Å²) < 4.78 is 10.6. The first-order chi connectivity index (χ1) is 14.4. The van der Waals surface area contributed by atoms with Gasteiger partial charge in [-0.15, -0.1) is 6.42 Å². The molecule has 0 aromatic heterocycles. The molecule has 162 valence electrons. The van der Waals surface area contributed by atoms with Gasteiger partial charge in [-0.05, 0) is 72.4 Å². The number of aryl methyl sites for hydroxylation is 1. The van der Waals surface area contributed by atoms with Crippen molar-refractivity contribution < 1.29 is 9.47 Å². The summed E-state index contributed by atoms with van der Waals surface area (Å²) in [5, 5.41) is 0.826. The van der Waals surface area contributed by atoms with Crippen molar-refractivity contribution in [2.45, 2.75) is 52.9 Å². The lowest BCUT2D eigenvalue weighted by atomic mass is 9.97. The lowest BCUT2D eigenvalue weighted by Crippen LogP contribution is -1.98. The van der Waals surface area contributed by atoms with E-state index in [4.69, 9.17) is 39.7 Å². The third-order valence-corrected chi connectivity index (χ3v) is 5.04. The van der Waals surface area contributed by atoms with Gasteiger partial charge in [0.05, 0.1) is 7.11 Å². The number of benzene rings is 2. The molecular weight excluding hydrogens is 412 g/mol. The number of thiocarbonyl (C=S) groups is 1. The number of terminal acetylenes is 1. The van der Waals surface area contributed by atoms with Crippen molar-refractivity contribution >= 4 is 28.7 Å². The molecule has 1 unspecified atom stereocenters. The van der Waals surface area contributed by atoms with Gasteiger partial charge in [0, 0.05) is 5.02 Å². The van der Waals surface area contributed by atoms with Crippen LogP contribution in [-0.4, -0.2) is 18.6 Å². The highest BCUT2D eigenvalue weighted by Crippen LogP contribution is 2.28. The minimum Gasteiger partial charge on any atom is -0.493 e. The molecular formula is C26H33ClO2S. The van der Waals surface area contributed by atoms with Gasteiger partial charge in [-0.3, -0.25) is 0 Å². The predicted molar refractivity (Wildman–Crippen MR) is 133 cm³/mol. The average Bonchev–Trinajstić information content (AvgIpc) is 2.73. The number of hydrogen-bond acceptors (Lipinski definition) is 3. The molecule has 0 saturated heterocycles. The van der Waals surface area contributed by atoms with Crippen LogP contribution in [-0.2, 0) is 12.8 Å². The maximum absolute atomic E-state index is 5.81. The van der Waals surface area contributed by atoms with Gasteiger partial charge in [-0.2, -0.15) is 0 Å². The molecule has 0 bridgehead atoms. The van der Waals surface area contributed by atoms with E-state index < -0.39 is 0 Å². The summed E-state index contributed by atoms with van der Waals surface area (Å²) in [4.78, 5) is 1.01. The number of hydrogen-bond donors (Lipinski definition) is 0. The topological polar surface area (TPSA) is 18.5 Å². The van der Waals surface area contributed by atoms with Crippen LogP contribution in [0.3, 0.4) is 0 Å². The Hall–Kier alpha value is -2.02. The minimum absolute atomic E-state index is 0.245. The molecule has 0 aliphatic carbocycles. The maximum Gasteiger partial charge on any atom is 0.162 e. The molecule has 0 aliphatic heterocycles. The van der Waals surface area contributed by atoms with Crippen molar-refractivity contribution in [1.29, 1.82) is 0 Å². The second-order valence-electron chi connectivity index (χ2n) is 7.40. The number of halogens is 1. The quantitative estimate of drug-likeness (QED) is 0.282. The molecule has 0 spiro atoms. The van der Waals surface area contributed by atoms with E-state index in [-0.39, 0.29) is 6.61 Å². The van der Waals surface area contributed by atoms with E-state index in [0.717, 1.165) is 28.6 Å². The van der Waals surface area contributed by atoms with Crippen LogP contribution in [0.5, 0.6) is 11.5 Å². The maximum atomic E-state index is 5.81. The van der Waals surface area contributed by atoms with E-state index in [1.54, 1.807) is 7.11 Å². The van der Waals surface area contributed by atoms with E-state index in [2.05, 4.69) is 31.9 Å². The highest BCUT2D eigenvalue weighted by atomic mass is 35.5. The smallest absolute Gasteiger partial charge is 0.162 e. The van der Waals surface area contributed by atoms with Crippen molar-refractivity contribution in [2.24, 2.45) is 5.92 Å². The Bertz CT molecular complexity index is 809. The molecule has 0 amide bonds. The number of ether oxygens (including phenoxy) is 2. The van der Waals surface area contributed by atoms with Crippen LogP contribution in [0.1, 0.15) is 51.2 Å². The monoisotopic (exact) mass is 444 g/mol. The molecule has 0 fully saturated rings. The fraction of sp³-hybridized carbons (Fsp3) is 0.423. The number of rotatable bonds is 10. The third-order valence-electron chi connectivity index (χ3n) is 4.58. The Balaban J connectivity index is 0.000000311. The van der Waals surface area contributed by atoms with Crippen molar-refractivity contribution in [3.05, 3.63) is 58.6 Å². The molecule has 0 aliphatic rings. The van der Waals surface area contributed by atoms with Crippen LogP contribution in [0.4, 0.5) is 0 Å². The van der Waals surface area contributed by atoms with Crippen molar-refractivity contribution in [1.82, 2.24) is 0 Å².